The summed E-state index contributed by atoms with van der Waals surface area (Å²) in [4.78, 5) is 21.2. The normalized spacial score (nSPS) is 10.5. The van der Waals surface area contributed by atoms with Crippen molar-refractivity contribution in [3.63, 3.8) is 0 Å². The number of carbonyl (C=O) groups is 1. The number of rotatable bonds is 3. The van der Waals surface area contributed by atoms with Crippen LogP contribution < -0.4 is 0 Å². The van der Waals surface area contributed by atoms with Crippen molar-refractivity contribution in [1.82, 2.24) is 0 Å². The van der Waals surface area contributed by atoms with Crippen molar-refractivity contribution in [2.75, 3.05) is 6.61 Å². The second kappa shape index (κ2) is 5.32. The second-order valence-electron chi connectivity index (χ2n) is 4.19. The monoisotopic (exact) mass is 235 g/mol. The molecular weight excluding hydrogens is 216 g/mol. The Labute approximate surface area is 103 Å². The molecule has 0 N–H and O–H groups in total. The molecule has 3 heteroatoms. The van der Waals surface area contributed by atoms with Crippen LogP contribution >= 0.6 is 0 Å². The van der Waals surface area contributed by atoms with Crippen molar-refractivity contribution < 1.29 is 14.6 Å². The van der Waals surface area contributed by atoms with Crippen LogP contribution in [0.2, 0.25) is 0 Å². The van der Waals surface area contributed by atoms with E-state index >= 15 is 0 Å². The van der Waals surface area contributed by atoms with E-state index in [1.165, 1.54) is 5.56 Å². The highest BCUT2D eigenvalue weighted by molar-refractivity contribution is 5.93. The van der Waals surface area contributed by atoms with Gasteiger partial charge in [-0.3, -0.25) is 4.89 Å². The van der Waals surface area contributed by atoms with Crippen LogP contribution in [-0.4, -0.2) is 12.6 Å². The molecule has 1 aromatic carbocycles. The van der Waals surface area contributed by atoms with E-state index in [1.54, 1.807) is 0 Å². The maximum atomic E-state index is 11.9. The SMILES string of the molecule is [CH2]COOC(=O)c1c(C)c(C)c(C)c(C)c1C. The van der Waals surface area contributed by atoms with Crippen molar-refractivity contribution in [2.45, 2.75) is 34.6 Å². The van der Waals surface area contributed by atoms with Gasteiger partial charge in [0.05, 0.1) is 12.2 Å². The molecule has 93 valence electrons. The minimum absolute atomic E-state index is 0.105. The van der Waals surface area contributed by atoms with Crippen molar-refractivity contribution in [1.29, 1.82) is 0 Å². The first-order valence-corrected chi connectivity index (χ1v) is 5.61. The molecule has 0 aliphatic carbocycles. The van der Waals surface area contributed by atoms with Gasteiger partial charge in [0, 0.05) is 0 Å². The Hall–Kier alpha value is -1.35. The molecule has 0 aliphatic heterocycles. The van der Waals surface area contributed by atoms with Gasteiger partial charge in [-0.1, -0.05) is 0 Å². The molecule has 0 fully saturated rings. The predicted octanol–water partition coefficient (Wildman–Crippen LogP) is 3.15. The third-order valence-electron chi connectivity index (χ3n) is 3.42. The lowest BCUT2D eigenvalue weighted by atomic mass is 9.90. The highest BCUT2D eigenvalue weighted by atomic mass is 17.2. The molecule has 1 rings (SSSR count). The van der Waals surface area contributed by atoms with Gasteiger partial charge in [0.25, 0.3) is 0 Å². The summed E-state index contributed by atoms with van der Waals surface area (Å²) in [5, 5.41) is 0. The van der Waals surface area contributed by atoms with Gasteiger partial charge in [0.2, 0.25) is 0 Å². The number of carbonyl (C=O) groups excluding carboxylic acids is 1. The first kappa shape index (κ1) is 13.7. The Kier molecular flexibility index (Phi) is 4.29. The van der Waals surface area contributed by atoms with Crippen LogP contribution in [-0.2, 0) is 9.78 Å². The summed E-state index contributed by atoms with van der Waals surface area (Å²) >= 11 is 0. The summed E-state index contributed by atoms with van der Waals surface area (Å²) < 4.78 is 0. The highest BCUT2D eigenvalue weighted by Gasteiger charge is 2.19. The Balaban J connectivity index is 3.29. The molecular formula is C14H19O3. The third-order valence-corrected chi connectivity index (χ3v) is 3.42. The van der Waals surface area contributed by atoms with Crippen LogP contribution in [0.3, 0.4) is 0 Å². The zero-order valence-electron chi connectivity index (χ0n) is 11.1. The summed E-state index contributed by atoms with van der Waals surface area (Å²) in [6.45, 7) is 13.5. The van der Waals surface area contributed by atoms with Gasteiger partial charge in [-0.15, -0.1) is 0 Å². The quantitative estimate of drug-likeness (QED) is 0.596. The maximum absolute atomic E-state index is 11.9. The average molecular weight is 235 g/mol. The fourth-order valence-corrected chi connectivity index (χ4v) is 1.94. The molecule has 0 aromatic heterocycles. The van der Waals surface area contributed by atoms with Gasteiger partial charge >= 0.3 is 5.97 Å². The van der Waals surface area contributed by atoms with Gasteiger partial charge in [-0.25, -0.2) is 4.79 Å². The molecule has 0 aliphatic rings. The molecule has 1 aromatic rings. The predicted molar refractivity (Wildman–Crippen MR) is 66.9 cm³/mol. The highest BCUT2D eigenvalue weighted by Crippen LogP contribution is 2.26. The third kappa shape index (κ3) is 2.50. The molecule has 0 amide bonds. The molecule has 0 atom stereocenters. The van der Waals surface area contributed by atoms with Crippen LogP contribution in [0.5, 0.6) is 0 Å². The van der Waals surface area contributed by atoms with Crippen LogP contribution in [0.4, 0.5) is 0 Å². The van der Waals surface area contributed by atoms with Crippen LogP contribution in [0.15, 0.2) is 0 Å². The lowest BCUT2D eigenvalue weighted by molar-refractivity contribution is -0.232. The molecule has 17 heavy (non-hydrogen) atoms. The first-order valence-electron chi connectivity index (χ1n) is 5.61. The molecule has 1 radical (unpaired) electrons. The number of benzene rings is 1. The van der Waals surface area contributed by atoms with E-state index in [2.05, 4.69) is 23.6 Å². The molecule has 0 unspecified atom stereocenters. The van der Waals surface area contributed by atoms with Gasteiger partial charge in [-0.2, -0.15) is 4.89 Å². The largest absolute Gasteiger partial charge is 0.373 e. The van der Waals surface area contributed by atoms with Gasteiger partial charge in [-0.05, 0) is 69.4 Å². The summed E-state index contributed by atoms with van der Waals surface area (Å²) in [6.07, 6.45) is 0. The smallest absolute Gasteiger partial charge is 0.293 e. The topological polar surface area (TPSA) is 35.5 Å². The Morgan fingerprint density at radius 3 is 1.76 bits per heavy atom. The Bertz CT molecular complexity index is 418. The minimum atomic E-state index is -0.449. The van der Waals surface area contributed by atoms with E-state index < -0.39 is 5.97 Å². The standard InChI is InChI=1S/C14H19O3/c1-7-16-17-14(15)13-11(5)9(3)8(2)10(4)12(13)6/h1,7H2,2-6H3. The van der Waals surface area contributed by atoms with E-state index in [0.717, 1.165) is 22.3 Å². The average Bonchev–Trinajstić information content (AvgIpc) is 2.31. The molecule has 0 saturated heterocycles. The van der Waals surface area contributed by atoms with Crippen molar-refractivity contribution >= 4 is 5.97 Å². The number of hydrogen-bond donors (Lipinski definition) is 0. The molecule has 0 saturated carbocycles. The van der Waals surface area contributed by atoms with Crippen molar-refractivity contribution in [3.05, 3.63) is 40.3 Å². The first-order chi connectivity index (χ1) is 7.91. The van der Waals surface area contributed by atoms with E-state index in [9.17, 15) is 4.79 Å². The van der Waals surface area contributed by atoms with E-state index in [1.807, 2.05) is 27.7 Å². The van der Waals surface area contributed by atoms with Crippen LogP contribution in [0.25, 0.3) is 0 Å². The lowest BCUT2D eigenvalue weighted by Gasteiger charge is -2.16. The van der Waals surface area contributed by atoms with Gasteiger partial charge < -0.3 is 0 Å². The van der Waals surface area contributed by atoms with Crippen molar-refractivity contribution in [3.8, 4) is 0 Å². The molecule has 0 bridgehead atoms. The van der Waals surface area contributed by atoms with Crippen LogP contribution in [0, 0.1) is 41.5 Å². The molecule has 3 nitrogen and oxygen atoms in total. The maximum Gasteiger partial charge on any atom is 0.373 e. The molecule has 0 spiro atoms. The summed E-state index contributed by atoms with van der Waals surface area (Å²) in [5.74, 6) is -0.449. The molecule has 0 heterocycles. The van der Waals surface area contributed by atoms with Gasteiger partial charge in [0.15, 0.2) is 0 Å². The minimum Gasteiger partial charge on any atom is -0.293 e. The summed E-state index contributed by atoms with van der Waals surface area (Å²) in [7, 11) is 0. The number of hydrogen-bond acceptors (Lipinski definition) is 3. The fourth-order valence-electron chi connectivity index (χ4n) is 1.94. The van der Waals surface area contributed by atoms with Crippen molar-refractivity contribution in [2.24, 2.45) is 0 Å². The zero-order chi connectivity index (χ0) is 13.2. The van der Waals surface area contributed by atoms with E-state index in [4.69, 9.17) is 0 Å². The van der Waals surface area contributed by atoms with E-state index in [-0.39, 0.29) is 6.61 Å². The van der Waals surface area contributed by atoms with Gasteiger partial charge in [0.1, 0.15) is 0 Å². The Morgan fingerprint density at radius 1 is 0.941 bits per heavy atom. The second-order valence-corrected chi connectivity index (χ2v) is 4.19. The Morgan fingerprint density at radius 2 is 1.35 bits per heavy atom. The van der Waals surface area contributed by atoms with Crippen LogP contribution in [0.1, 0.15) is 38.2 Å². The van der Waals surface area contributed by atoms with E-state index in [0.29, 0.717) is 5.56 Å². The summed E-state index contributed by atoms with van der Waals surface area (Å²) in [6, 6.07) is 0. The summed E-state index contributed by atoms with van der Waals surface area (Å²) in [5.41, 5.74) is 5.95. The fraction of sp³-hybridized carbons (Fsp3) is 0.429. The lowest BCUT2D eigenvalue weighted by Crippen LogP contribution is -2.13. The zero-order valence-corrected chi connectivity index (χ0v) is 11.1.